The van der Waals surface area contributed by atoms with Crippen LogP contribution < -0.4 is 0 Å². The lowest BCUT2D eigenvalue weighted by molar-refractivity contribution is 0.0692. The average molecular weight is 265 g/mol. The van der Waals surface area contributed by atoms with E-state index in [-0.39, 0.29) is 17.4 Å². The van der Waals surface area contributed by atoms with Crippen LogP contribution in [0.5, 0.6) is 0 Å². The number of carbonyl (C=O) groups is 1. The molecule has 2 aromatic rings. The van der Waals surface area contributed by atoms with E-state index in [1.807, 2.05) is 13.8 Å². The lowest BCUT2D eigenvalue weighted by Crippen LogP contribution is -1.99. The zero-order valence-corrected chi connectivity index (χ0v) is 10.8. The van der Waals surface area contributed by atoms with E-state index in [1.165, 1.54) is 23.5 Å². The first-order chi connectivity index (χ1) is 8.49. The minimum absolute atomic E-state index is 0.00528. The van der Waals surface area contributed by atoms with Gasteiger partial charge in [-0.15, -0.1) is 11.3 Å². The molecule has 0 fully saturated rings. The summed E-state index contributed by atoms with van der Waals surface area (Å²) in [5, 5.41) is 9.88. The van der Waals surface area contributed by atoms with Gasteiger partial charge in [-0.05, 0) is 17.7 Å². The Morgan fingerprint density at radius 1 is 1.44 bits per heavy atom. The van der Waals surface area contributed by atoms with E-state index >= 15 is 0 Å². The van der Waals surface area contributed by atoms with E-state index in [2.05, 4.69) is 4.98 Å². The van der Waals surface area contributed by atoms with Crippen molar-refractivity contribution < 1.29 is 14.3 Å². The molecular formula is C13H12FNO2S. The topological polar surface area (TPSA) is 50.2 Å². The van der Waals surface area contributed by atoms with Gasteiger partial charge in [-0.2, -0.15) is 0 Å². The summed E-state index contributed by atoms with van der Waals surface area (Å²) in [6, 6.07) is 5.90. The van der Waals surface area contributed by atoms with Crippen LogP contribution in [-0.4, -0.2) is 16.1 Å². The Morgan fingerprint density at radius 3 is 2.72 bits per heavy atom. The number of halogens is 1. The molecule has 94 valence electrons. The molecule has 0 spiro atoms. The largest absolute Gasteiger partial charge is 0.476 e. The summed E-state index contributed by atoms with van der Waals surface area (Å²) >= 11 is 1.30. The standard InChI is InChI=1S/C13H12FNO2S/c1-7(2)12-15-10(13(16)17)11(18-12)8-4-3-5-9(14)6-8/h3-7H,1-2H3,(H,16,17). The van der Waals surface area contributed by atoms with Gasteiger partial charge in [0, 0.05) is 5.92 Å². The molecule has 18 heavy (non-hydrogen) atoms. The highest BCUT2D eigenvalue weighted by Gasteiger charge is 2.20. The first-order valence-electron chi connectivity index (χ1n) is 5.49. The van der Waals surface area contributed by atoms with Gasteiger partial charge in [-0.25, -0.2) is 14.2 Å². The highest BCUT2D eigenvalue weighted by atomic mass is 32.1. The van der Waals surface area contributed by atoms with Crippen molar-refractivity contribution in [3.63, 3.8) is 0 Å². The van der Waals surface area contributed by atoms with Crippen molar-refractivity contribution in [2.24, 2.45) is 0 Å². The zero-order valence-electron chi connectivity index (χ0n) is 9.98. The van der Waals surface area contributed by atoms with Crippen LogP contribution >= 0.6 is 11.3 Å². The summed E-state index contributed by atoms with van der Waals surface area (Å²) in [6.45, 7) is 3.89. The molecule has 5 heteroatoms. The molecule has 2 rings (SSSR count). The summed E-state index contributed by atoms with van der Waals surface area (Å²) in [4.78, 5) is 15.8. The second kappa shape index (κ2) is 4.86. The van der Waals surface area contributed by atoms with Crippen molar-refractivity contribution in [3.8, 4) is 10.4 Å². The molecule has 0 aliphatic heterocycles. The van der Waals surface area contributed by atoms with E-state index in [0.29, 0.717) is 10.4 Å². The number of aromatic nitrogens is 1. The van der Waals surface area contributed by atoms with Crippen LogP contribution in [0.1, 0.15) is 35.3 Å². The highest BCUT2D eigenvalue weighted by Crippen LogP contribution is 2.33. The molecular weight excluding hydrogens is 253 g/mol. The smallest absolute Gasteiger partial charge is 0.356 e. The monoisotopic (exact) mass is 265 g/mol. The maximum Gasteiger partial charge on any atom is 0.356 e. The first-order valence-corrected chi connectivity index (χ1v) is 6.30. The summed E-state index contributed by atoms with van der Waals surface area (Å²) in [5.41, 5.74) is 0.547. The number of hydrogen-bond donors (Lipinski definition) is 1. The predicted molar refractivity (Wildman–Crippen MR) is 68.6 cm³/mol. The SMILES string of the molecule is CC(C)c1nc(C(=O)O)c(-c2cccc(F)c2)s1. The summed E-state index contributed by atoms with van der Waals surface area (Å²) in [5.74, 6) is -1.32. The maximum atomic E-state index is 13.2. The summed E-state index contributed by atoms with van der Waals surface area (Å²) < 4.78 is 13.2. The summed E-state index contributed by atoms with van der Waals surface area (Å²) in [6.07, 6.45) is 0. The average Bonchev–Trinajstić information content (AvgIpc) is 2.73. The number of carboxylic acid groups (broad SMARTS) is 1. The van der Waals surface area contributed by atoms with Gasteiger partial charge in [-0.1, -0.05) is 26.0 Å². The van der Waals surface area contributed by atoms with Crippen molar-refractivity contribution in [3.05, 3.63) is 40.8 Å². The number of benzene rings is 1. The molecule has 1 aromatic heterocycles. The van der Waals surface area contributed by atoms with Crippen LogP contribution in [0.25, 0.3) is 10.4 Å². The molecule has 0 radical (unpaired) electrons. The van der Waals surface area contributed by atoms with Gasteiger partial charge in [0.05, 0.1) is 9.88 Å². The van der Waals surface area contributed by atoms with Crippen molar-refractivity contribution in [2.45, 2.75) is 19.8 Å². The Labute approximate surface area is 108 Å². The van der Waals surface area contributed by atoms with Gasteiger partial charge in [0.1, 0.15) is 5.82 Å². The Morgan fingerprint density at radius 2 is 2.17 bits per heavy atom. The van der Waals surface area contributed by atoms with E-state index in [4.69, 9.17) is 5.11 Å². The van der Waals surface area contributed by atoms with Gasteiger partial charge in [-0.3, -0.25) is 0 Å². The lowest BCUT2D eigenvalue weighted by Gasteiger charge is -1.98. The molecule has 0 unspecified atom stereocenters. The molecule has 0 saturated heterocycles. The molecule has 0 bridgehead atoms. The van der Waals surface area contributed by atoms with E-state index < -0.39 is 5.97 Å². The third-order valence-electron chi connectivity index (χ3n) is 2.43. The van der Waals surface area contributed by atoms with Crippen LogP contribution in [0.4, 0.5) is 4.39 Å². The van der Waals surface area contributed by atoms with E-state index in [0.717, 1.165) is 5.01 Å². The summed E-state index contributed by atoms with van der Waals surface area (Å²) in [7, 11) is 0. The number of nitrogens with zero attached hydrogens (tertiary/aromatic N) is 1. The number of aromatic carboxylic acids is 1. The molecule has 1 heterocycles. The Hall–Kier alpha value is -1.75. The minimum Gasteiger partial charge on any atom is -0.476 e. The van der Waals surface area contributed by atoms with Gasteiger partial charge in [0.15, 0.2) is 5.69 Å². The predicted octanol–water partition coefficient (Wildman–Crippen LogP) is 3.77. The number of carboxylic acids is 1. The Balaban J connectivity index is 2.58. The van der Waals surface area contributed by atoms with Crippen molar-refractivity contribution in [1.29, 1.82) is 0 Å². The van der Waals surface area contributed by atoms with Crippen LogP contribution in [0.2, 0.25) is 0 Å². The van der Waals surface area contributed by atoms with Crippen molar-refractivity contribution >= 4 is 17.3 Å². The van der Waals surface area contributed by atoms with Gasteiger partial charge in [0.2, 0.25) is 0 Å². The fraction of sp³-hybridized carbons (Fsp3) is 0.231. The van der Waals surface area contributed by atoms with E-state index in [1.54, 1.807) is 12.1 Å². The number of rotatable bonds is 3. The molecule has 0 amide bonds. The molecule has 1 N–H and O–H groups in total. The quantitative estimate of drug-likeness (QED) is 0.919. The third kappa shape index (κ3) is 2.41. The highest BCUT2D eigenvalue weighted by molar-refractivity contribution is 7.15. The maximum absolute atomic E-state index is 13.2. The van der Waals surface area contributed by atoms with Crippen LogP contribution in [-0.2, 0) is 0 Å². The fourth-order valence-electron chi connectivity index (χ4n) is 1.55. The molecule has 0 aliphatic carbocycles. The number of thiazole rings is 1. The first kappa shape index (κ1) is 12.7. The molecule has 0 saturated carbocycles. The van der Waals surface area contributed by atoms with Crippen LogP contribution in [0.15, 0.2) is 24.3 Å². The Kier molecular flexibility index (Phi) is 3.43. The van der Waals surface area contributed by atoms with Crippen molar-refractivity contribution in [2.75, 3.05) is 0 Å². The second-order valence-electron chi connectivity index (χ2n) is 4.20. The third-order valence-corrected chi connectivity index (χ3v) is 3.83. The number of hydrogen-bond acceptors (Lipinski definition) is 3. The lowest BCUT2D eigenvalue weighted by atomic mass is 10.1. The normalized spacial score (nSPS) is 10.9. The molecule has 1 aromatic carbocycles. The molecule has 0 aliphatic rings. The molecule has 3 nitrogen and oxygen atoms in total. The van der Waals surface area contributed by atoms with Crippen LogP contribution in [0, 0.1) is 5.82 Å². The fourth-order valence-corrected chi connectivity index (χ4v) is 2.61. The Bertz CT molecular complexity index is 592. The zero-order chi connectivity index (χ0) is 13.3. The minimum atomic E-state index is -1.09. The van der Waals surface area contributed by atoms with Crippen LogP contribution in [0.3, 0.4) is 0 Å². The van der Waals surface area contributed by atoms with Gasteiger partial charge in [0.25, 0.3) is 0 Å². The van der Waals surface area contributed by atoms with E-state index in [9.17, 15) is 9.18 Å². The second-order valence-corrected chi connectivity index (χ2v) is 5.23. The van der Waals surface area contributed by atoms with Gasteiger partial charge >= 0.3 is 5.97 Å². The van der Waals surface area contributed by atoms with Gasteiger partial charge < -0.3 is 5.11 Å². The van der Waals surface area contributed by atoms with Crippen molar-refractivity contribution in [1.82, 2.24) is 4.98 Å². The molecule has 0 atom stereocenters.